The molecule has 1 atom stereocenters. The van der Waals surface area contributed by atoms with Gasteiger partial charge in [0, 0.05) is 11.6 Å². The van der Waals surface area contributed by atoms with Crippen molar-refractivity contribution in [3.05, 3.63) is 23.8 Å². The molecule has 0 aliphatic rings. The molecular weight excluding hydrogens is 228 g/mol. The molecule has 0 aromatic heterocycles. The van der Waals surface area contributed by atoms with Gasteiger partial charge in [-0.25, -0.2) is 0 Å². The molecule has 98 valence electrons. The van der Waals surface area contributed by atoms with Gasteiger partial charge < -0.3 is 9.47 Å². The van der Waals surface area contributed by atoms with E-state index in [2.05, 4.69) is 11.0 Å². The Kier molecular flexibility index (Phi) is 5.47. The summed E-state index contributed by atoms with van der Waals surface area (Å²) in [5.41, 5.74) is 0.879. The second-order valence-corrected chi connectivity index (χ2v) is 3.86. The molecule has 4 nitrogen and oxygen atoms in total. The Hall–Kier alpha value is -1.73. The van der Waals surface area contributed by atoms with Crippen molar-refractivity contribution in [2.24, 2.45) is 0 Å². The highest BCUT2D eigenvalue weighted by molar-refractivity contribution is 5.44. The number of nitriles is 1. The first kappa shape index (κ1) is 14.3. The highest BCUT2D eigenvalue weighted by Gasteiger charge is 2.21. The van der Waals surface area contributed by atoms with E-state index in [1.807, 2.05) is 32.0 Å². The van der Waals surface area contributed by atoms with Gasteiger partial charge >= 0.3 is 0 Å². The molecule has 0 fully saturated rings. The SMILES string of the molecule is CCN(CC)C(C#N)c1ccc(OC)cc1OC. The lowest BCUT2D eigenvalue weighted by molar-refractivity contribution is 0.256. The molecule has 0 aliphatic heterocycles. The molecule has 0 spiro atoms. The van der Waals surface area contributed by atoms with E-state index in [9.17, 15) is 5.26 Å². The third-order valence-corrected chi connectivity index (χ3v) is 3.04. The van der Waals surface area contributed by atoms with Crippen molar-refractivity contribution in [2.45, 2.75) is 19.9 Å². The molecule has 18 heavy (non-hydrogen) atoms. The topological polar surface area (TPSA) is 45.5 Å². The Morgan fingerprint density at radius 1 is 1.22 bits per heavy atom. The Balaban J connectivity index is 3.17. The van der Waals surface area contributed by atoms with Crippen LogP contribution in [-0.4, -0.2) is 32.2 Å². The summed E-state index contributed by atoms with van der Waals surface area (Å²) in [7, 11) is 3.22. The number of methoxy groups -OCH3 is 2. The number of ether oxygens (including phenoxy) is 2. The van der Waals surface area contributed by atoms with Crippen LogP contribution in [0.1, 0.15) is 25.5 Å². The molecule has 1 rings (SSSR count). The van der Waals surface area contributed by atoms with E-state index in [1.165, 1.54) is 0 Å². The van der Waals surface area contributed by atoms with Crippen LogP contribution in [0.25, 0.3) is 0 Å². The first-order chi connectivity index (χ1) is 8.71. The lowest BCUT2D eigenvalue weighted by atomic mass is 10.0. The Labute approximate surface area is 109 Å². The standard InChI is InChI=1S/C14H20N2O2/c1-5-16(6-2)13(10-15)12-8-7-11(17-3)9-14(12)18-4/h7-9,13H,5-6H2,1-4H3. The maximum Gasteiger partial charge on any atom is 0.128 e. The molecule has 1 aromatic rings. The highest BCUT2D eigenvalue weighted by Crippen LogP contribution is 2.32. The molecule has 0 saturated heterocycles. The van der Waals surface area contributed by atoms with Crippen LogP contribution in [0, 0.1) is 11.3 Å². The van der Waals surface area contributed by atoms with Gasteiger partial charge in [0.15, 0.2) is 0 Å². The van der Waals surface area contributed by atoms with Crippen molar-refractivity contribution in [2.75, 3.05) is 27.3 Å². The molecule has 0 bridgehead atoms. The van der Waals surface area contributed by atoms with Crippen molar-refractivity contribution in [3.8, 4) is 17.6 Å². The maximum atomic E-state index is 9.38. The van der Waals surface area contributed by atoms with Crippen LogP contribution in [0.5, 0.6) is 11.5 Å². The summed E-state index contributed by atoms with van der Waals surface area (Å²) in [4.78, 5) is 2.09. The summed E-state index contributed by atoms with van der Waals surface area (Å²) in [6.45, 7) is 5.74. The smallest absolute Gasteiger partial charge is 0.128 e. The number of benzene rings is 1. The summed E-state index contributed by atoms with van der Waals surface area (Å²) < 4.78 is 10.5. The van der Waals surface area contributed by atoms with Crippen LogP contribution >= 0.6 is 0 Å². The normalized spacial score (nSPS) is 12.0. The monoisotopic (exact) mass is 248 g/mol. The lowest BCUT2D eigenvalue weighted by Crippen LogP contribution is -2.27. The van der Waals surface area contributed by atoms with Gasteiger partial charge in [0.1, 0.15) is 17.5 Å². The highest BCUT2D eigenvalue weighted by atomic mass is 16.5. The van der Waals surface area contributed by atoms with E-state index >= 15 is 0 Å². The molecule has 0 radical (unpaired) electrons. The average Bonchev–Trinajstić information content (AvgIpc) is 2.44. The lowest BCUT2D eigenvalue weighted by Gasteiger charge is -2.25. The van der Waals surface area contributed by atoms with Crippen molar-refractivity contribution in [3.63, 3.8) is 0 Å². The minimum atomic E-state index is -0.291. The largest absolute Gasteiger partial charge is 0.497 e. The van der Waals surface area contributed by atoms with Crippen molar-refractivity contribution in [1.82, 2.24) is 4.90 Å². The molecule has 0 amide bonds. The molecule has 0 saturated carbocycles. The van der Waals surface area contributed by atoms with E-state index in [-0.39, 0.29) is 6.04 Å². The molecule has 0 N–H and O–H groups in total. The summed E-state index contributed by atoms with van der Waals surface area (Å²) in [6.07, 6.45) is 0. The summed E-state index contributed by atoms with van der Waals surface area (Å²) >= 11 is 0. The molecular formula is C14H20N2O2. The van der Waals surface area contributed by atoms with Gasteiger partial charge in [0.05, 0.1) is 20.3 Å². The summed E-state index contributed by atoms with van der Waals surface area (Å²) in [6, 6.07) is 7.60. The first-order valence-corrected chi connectivity index (χ1v) is 6.07. The zero-order chi connectivity index (χ0) is 13.5. The first-order valence-electron chi connectivity index (χ1n) is 6.07. The average molecular weight is 248 g/mol. The molecule has 0 aliphatic carbocycles. The third kappa shape index (κ3) is 2.93. The minimum absolute atomic E-state index is 0.291. The van der Waals surface area contributed by atoms with Gasteiger partial charge in [0.2, 0.25) is 0 Å². The van der Waals surface area contributed by atoms with Crippen molar-refractivity contribution in [1.29, 1.82) is 5.26 Å². The van der Waals surface area contributed by atoms with Crippen LogP contribution in [0.15, 0.2) is 18.2 Å². The molecule has 1 aromatic carbocycles. The second-order valence-electron chi connectivity index (χ2n) is 3.86. The second kappa shape index (κ2) is 6.87. The number of rotatable bonds is 6. The van der Waals surface area contributed by atoms with Gasteiger partial charge in [-0.1, -0.05) is 13.8 Å². The zero-order valence-corrected chi connectivity index (χ0v) is 11.4. The fraction of sp³-hybridized carbons (Fsp3) is 0.500. The van der Waals surface area contributed by atoms with Crippen LogP contribution in [0.4, 0.5) is 0 Å². The number of nitrogens with zero attached hydrogens (tertiary/aromatic N) is 2. The van der Waals surface area contributed by atoms with Crippen molar-refractivity contribution < 1.29 is 9.47 Å². The molecule has 1 unspecified atom stereocenters. The van der Waals surface area contributed by atoms with E-state index in [0.717, 1.165) is 24.4 Å². The van der Waals surface area contributed by atoms with Crippen LogP contribution < -0.4 is 9.47 Å². The summed E-state index contributed by atoms with van der Waals surface area (Å²) in [5.74, 6) is 1.42. The van der Waals surface area contributed by atoms with Gasteiger partial charge in [-0.05, 0) is 25.2 Å². The quantitative estimate of drug-likeness (QED) is 0.776. The predicted octanol–water partition coefficient (Wildman–Crippen LogP) is 2.61. The van der Waals surface area contributed by atoms with Crippen LogP contribution in [0.2, 0.25) is 0 Å². The van der Waals surface area contributed by atoms with E-state index < -0.39 is 0 Å². The Morgan fingerprint density at radius 2 is 1.89 bits per heavy atom. The van der Waals surface area contributed by atoms with Gasteiger partial charge in [0.25, 0.3) is 0 Å². The Bertz CT molecular complexity index is 422. The predicted molar refractivity (Wildman–Crippen MR) is 70.8 cm³/mol. The van der Waals surface area contributed by atoms with Gasteiger partial charge in [-0.15, -0.1) is 0 Å². The fourth-order valence-electron chi connectivity index (χ4n) is 1.98. The minimum Gasteiger partial charge on any atom is -0.497 e. The van der Waals surface area contributed by atoms with E-state index in [0.29, 0.717) is 5.75 Å². The Morgan fingerprint density at radius 3 is 2.33 bits per heavy atom. The molecule has 0 heterocycles. The third-order valence-electron chi connectivity index (χ3n) is 3.04. The van der Waals surface area contributed by atoms with Crippen LogP contribution in [-0.2, 0) is 0 Å². The van der Waals surface area contributed by atoms with Gasteiger partial charge in [-0.2, -0.15) is 5.26 Å². The zero-order valence-electron chi connectivity index (χ0n) is 11.4. The van der Waals surface area contributed by atoms with E-state index in [1.54, 1.807) is 14.2 Å². The van der Waals surface area contributed by atoms with Crippen LogP contribution in [0.3, 0.4) is 0 Å². The van der Waals surface area contributed by atoms with Gasteiger partial charge in [-0.3, -0.25) is 4.90 Å². The summed E-state index contributed by atoms with van der Waals surface area (Å²) in [5, 5.41) is 9.38. The maximum absolute atomic E-state index is 9.38. The number of hydrogen-bond acceptors (Lipinski definition) is 4. The fourth-order valence-corrected chi connectivity index (χ4v) is 1.98. The van der Waals surface area contributed by atoms with Crippen molar-refractivity contribution >= 4 is 0 Å². The molecule has 4 heteroatoms. The van der Waals surface area contributed by atoms with E-state index in [4.69, 9.17) is 9.47 Å². The number of hydrogen-bond donors (Lipinski definition) is 0.